The first-order valence-electron chi connectivity index (χ1n) is 4.52. The number of urea groups is 1. The lowest BCUT2D eigenvalue weighted by molar-refractivity contribution is 0.0664. The monoisotopic (exact) mass is 229 g/mol. The van der Waals surface area contributed by atoms with Gasteiger partial charge in [0.05, 0.1) is 11.6 Å². The Hall–Kier alpha value is -1.33. The van der Waals surface area contributed by atoms with Gasteiger partial charge in [0, 0.05) is 6.20 Å². The molecular formula is C9H12ClN3O2. The SMILES string of the molecule is CCCONC(=O)Nc1ccc(Cl)cn1. The van der Waals surface area contributed by atoms with Gasteiger partial charge >= 0.3 is 6.03 Å². The fourth-order valence-corrected chi connectivity index (χ4v) is 0.922. The zero-order valence-electron chi connectivity index (χ0n) is 8.29. The highest BCUT2D eigenvalue weighted by molar-refractivity contribution is 6.30. The molecule has 0 fully saturated rings. The number of amides is 2. The molecule has 2 N–H and O–H groups in total. The van der Waals surface area contributed by atoms with Crippen molar-refractivity contribution in [2.24, 2.45) is 0 Å². The molecule has 15 heavy (non-hydrogen) atoms. The molecule has 0 aromatic carbocycles. The summed E-state index contributed by atoms with van der Waals surface area (Å²) in [7, 11) is 0. The van der Waals surface area contributed by atoms with E-state index in [0.717, 1.165) is 6.42 Å². The molecule has 1 aromatic heterocycles. The van der Waals surface area contributed by atoms with Crippen LogP contribution in [0, 0.1) is 0 Å². The molecule has 0 unspecified atom stereocenters. The maximum Gasteiger partial charge on any atom is 0.344 e. The third-order valence-electron chi connectivity index (χ3n) is 1.44. The van der Waals surface area contributed by atoms with Crippen molar-refractivity contribution in [3.63, 3.8) is 0 Å². The molecule has 1 aromatic rings. The summed E-state index contributed by atoms with van der Waals surface area (Å²) in [5.41, 5.74) is 2.22. The number of nitrogens with one attached hydrogen (secondary N) is 2. The molecule has 0 bridgehead atoms. The fraction of sp³-hybridized carbons (Fsp3) is 0.333. The number of pyridine rings is 1. The number of rotatable bonds is 4. The lowest BCUT2D eigenvalue weighted by Gasteiger charge is -2.05. The Bertz CT molecular complexity index is 316. The molecule has 0 saturated heterocycles. The van der Waals surface area contributed by atoms with Crippen molar-refractivity contribution in [2.75, 3.05) is 11.9 Å². The van der Waals surface area contributed by atoms with Gasteiger partial charge in [-0.25, -0.2) is 15.3 Å². The summed E-state index contributed by atoms with van der Waals surface area (Å²) >= 11 is 5.64. The van der Waals surface area contributed by atoms with Crippen LogP contribution in [0.2, 0.25) is 5.02 Å². The first-order valence-corrected chi connectivity index (χ1v) is 4.90. The van der Waals surface area contributed by atoms with Gasteiger partial charge in [0.1, 0.15) is 5.82 Å². The number of anilines is 1. The third kappa shape index (κ3) is 4.62. The molecule has 0 radical (unpaired) electrons. The van der Waals surface area contributed by atoms with E-state index in [1.165, 1.54) is 6.20 Å². The Morgan fingerprint density at radius 2 is 2.40 bits per heavy atom. The van der Waals surface area contributed by atoms with Crippen molar-refractivity contribution in [1.29, 1.82) is 0 Å². The second kappa shape index (κ2) is 6.21. The van der Waals surface area contributed by atoms with Gasteiger partial charge in [-0.2, -0.15) is 0 Å². The smallest absolute Gasteiger partial charge is 0.291 e. The van der Waals surface area contributed by atoms with Crippen LogP contribution < -0.4 is 10.8 Å². The Morgan fingerprint density at radius 1 is 1.60 bits per heavy atom. The van der Waals surface area contributed by atoms with E-state index in [2.05, 4.69) is 15.8 Å². The number of halogens is 1. The molecule has 5 nitrogen and oxygen atoms in total. The Balaban J connectivity index is 2.34. The summed E-state index contributed by atoms with van der Waals surface area (Å²) in [6, 6.07) is 2.77. The van der Waals surface area contributed by atoms with Gasteiger partial charge in [0.15, 0.2) is 0 Å². The Labute approximate surface area is 92.7 Å². The van der Waals surface area contributed by atoms with Gasteiger partial charge in [0.2, 0.25) is 0 Å². The lowest BCUT2D eigenvalue weighted by atomic mass is 10.5. The van der Waals surface area contributed by atoms with E-state index >= 15 is 0 Å². The van der Waals surface area contributed by atoms with Gasteiger partial charge in [-0.3, -0.25) is 10.2 Å². The van der Waals surface area contributed by atoms with Gasteiger partial charge in [0.25, 0.3) is 0 Å². The zero-order chi connectivity index (χ0) is 11.1. The molecule has 1 rings (SSSR count). The molecule has 0 aliphatic carbocycles. The van der Waals surface area contributed by atoms with Gasteiger partial charge in [-0.1, -0.05) is 18.5 Å². The van der Waals surface area contributed by atoms with Crippen LogP contribution in [-0.2, 0) is 4.84 Å². The fourth-order valence-electron chi connectivity index (χ4n) is 0.810. The number of nitrogens with zero attached hydrogens (tertiary/aromatic N) is 1. The summed E-state index contributed by atoms with van der Waals surface area (Å²) in [5, 5.41) is 3.00. The number of hydrogen-bond donors (Lipinski definition) is 2. The van der Waals surface area contributed by atoms with Gasteiger partial charge in [-0.05, 0) is 18.6 Å². The minimum atomic E-state index is -0.460. The molecule has 0 saturated carbocycles. The van der Waals surface area contributed by atoms with E-state index in [1.54, 1.807) is 12.1 Å². The second-order valence-corrected chi connectivity index (χ2v) is 3.20. The number of carbonyl (C=O) groups is 1. The molecule has 2 amide bonds. The van der Waals surface area contributed by atoms with Crippen molar-refractivity contribution in [3.8, 4) is 0 Å². The van der Waals surface area contributed by atoms with Crippen molar-refractivity contribution in [1.82, 2.24) is 10.5 Å². The number of aromatic nitrogens is 1. The molecule has 6 heteroatoms. The van der Waals surface area contributed by atoms with Crippen LogP contribution in [0.3, 0.4) is 0 Å². The van der Waals surface area contributed by atoms with Crippen LogP contribution in [0.5, 0.6) is 0 Å². The molecule has 0 aliphatic heterocycles. The topological polar surface area (TPSA) is 63.2 Å². The Morgan fingerprint density at radius 3 is 3.00 bits per heavy atom. The highest BCUT2D eigenvalue weighted by Crippen LogP contribution is 2.08. The maximum absolute atomic E-state index is 11.2. The van der Waals surface area contributed by atoms with E-state index in [1.807, 2.05) is 6.92 Å². The molecule has 1 heterocycles. The lowest BCUT2D eigenvalue weighted by Crippen LogP contribution is -2.29. The molecule has 0 spiro atoms. The summed E-state index contributed by atoms with van der Waals surface area (Å²) < 4.78 is 0. The van der Waals surface area contributed by atoms with E-state index in [-0.39, 0.29) is 0 Å². The van der Waals surface area contributed by atoms with Crippen molar-refractivity contribution in [2.45, 2.75) is 13.3 Å². The quantitative estimate of drug-likeness (QED) is 0.615. The van der Waals surface area contributed by atoms with Crippen LogP contribution in [0.15, 0.2) is 18.3 Å². The van der Waals surface area contributed by atoms with E-state index in [4.69, 9.17) is 16.4 Å². The van der Waals surface area contributed by atoms with E-state index in [9.17, 15) is 4.79 Å². The highest BCUT2D eigenvalue weighted by atomic mass is 35.5. The number of hydrogen-bond acceptors (Lipinski definition) is 3. The second-order valence-electron chi connectivity index (χ2n) is 2.77. The zero-order valence-corrected chi connectivity index (χ0v) is 9.04. The first-order chi connectivity index (χ1) is 7.22. The largest absolute Gasteiger partial charge is 0.344 e. The average Bonchev–Trinajstić information content (AvgIpc) is 2.22. The van der Waals surface area contributed by atoms with Gasteiger partial charge in [-0.15, -0.1) is 0 Å². The highest BCUT2D eigenvalue weighted by Gasteiger charge is 2.01. The predicted molar refractivity (Wildman–Crippen MR) is 57.6 cm³/mol. The summed E-state index contributed by atoms with van der Waals surface area (Å²) in [6.07, 6.45) is 2.28. The molecule has 82 valence electrons. The minimum absolute atomic E-state index is 0.414. The average molecular weight is 230 g/mol. The first kappa shape index (κ1) is 11.7. The summed E-state index contributed by atoms with van der Waals surface area (Å²) in [4.78, 5) is 19.9. The van der Waals surface area contributed by atoms with Crippen LogP contribution in [-0.4, -0.2) is 17.6 Å². The van der Waals surface area contributed by atoms with Crippen molar-refractivity contribution >= 4 is 23.4 Å². The van der Waals surface area contributed by atoms with Crippen LogP contribution >= 0.6 is 11.6 Å². The van der Waals surface area contributed by atoms with E-state index in [0.29, 0.717) is 17.4 Å². The van der Waals surface area contributed by atoms with Crippen molar-refractivity contribution in [3.05, 3.63) is 23.4 Å². The molecule has 0 atom stereocenters. The third-order valence-corrected chi connectivity index (χ3v) is 1.66. The molecular weight excluding hydrogens is 218 g/mol. The number of carbonyl (C=O) groups excluding carboxylic acids is 1. The van der Waals surface area contributed by atoms with Crippen LogP contribution in [0.25, 0.3) is 0 Å². The molecule has 0 aliphatic rings. The van der Waals surface area contributed by atoms with Crippen LogP contribution in [0.1, 0.15) is 13.3 Å². The summed E-state index contributed by atoms with van der Waals surface area (Å²) in [5.74, 6) is 0.414. The van der Waals surface area contributed by atoms with Crippen molar-refractivity contribution < 1.29 is 9.63 Å². The van der Waals surface area contributed by atoms with Gasteiger partial charge < -0.3 is 0 Å². The maximum atomic E-state index is 11.2. The van der Waals surface area contributed by atoms with Crippen LogP contribution in [0.4, 0.5) is 10.6 Å². The normalized spacial score (nSPS) is 9.73. The number of hydroxylamine groups is 1. The Kier molecular flexibility index (Phi) is 4.86. The standard InChI is InChI=1S/C9H12ClN3O2/c1-2-5-15-13-9(14)12-8-4-3-7(10)6-11-8/h3-4,6H,2,5H2,1H3,(H2,11,12,13,14). The minimum Gasteiger partial charge on any atom is -0.291 e. The predicted octanol–water partition coefficient (Wildman–Crippen LogP) is 2.20. The summed E-state index contributed by atoms with van der Waals surface area (Å²) in [6.45, 7) is 2.42. The van der Waals surface area contributed by atoms with E-state index < -0.39 is 6.03 Å².